The number of para-hydroxylation sites is 1. The fourth-order valence-corrected chi connectivity index (χ4v) is 3.14. The third kappa shape index (κ3) is 4.50. The number of nitro benzene ring substituents is 1. The summed E-state index contributed by atoms with van der Waals surface area (Å²) in [6.07, 6.45) is 0. The number of nitrogens with zero attached hydrogens (tertiary/aromatic N) is 2. The van der Waals surface area contributed by atoms with E-state index in [4.69, 9.17) is 4.74 Å². The minimum absolute atomic E-state index is 0.153. The van der Waals surface area contributed by atoms with Crippen molar-refractivity contribution in [2.24, 2.45) is 0 Å². The summed E-state index contributed by atoms with van der Waals surface area (Å²) in [6.45, 7) is 2.66. The lowest BCUT2D eigenvalue weighted by Crippen LogP contribution is -2.25. The minimum atomic E-state index is -3.75. The summed E-state index contributed by atoms with van der Waals surface area (Å²) < 4.78 is 31.6. The minimum Gasteiger partial charge on any atom is -0.491 e. The van der Waals surface area contributed by atoms with Crippen molar-refractivity contribution < 1.29 is 18.1 Å². The van der Waals surface area contributed by atoms with Crippen molar-refractivity contribution in [2.75, 3.05) is 32.1 Å². The van der Waals surface area contributed by atoms with Gasteiger partial charge < -0.3 is 9.64 Å². The molecular formula is C17H21N3O5S. The standard InChI is InChI=1S/C17H21N3O5S/c1-13-6-4-5-7-17(13)25-11-10-19(3)15-9-8-14(26(23,24)18-2)12-16(15)20(21)22/h4-9,12,18H,10-11H2,1-3H3. The Morgan fingerprint density at radius 1 is 1.23 bits per heavy atom. The Morgan fingerprint density at radius 2 is 1.92 bits per heavy atom. The van der Waals surface area contributed by atoms with Crippen LogP contribution in [0.4, 0.5) is 11.4 Å². The molecule has 9 heteroatoms. The van der Waals surface area contributed by atoms with Gasteiger partial charge in [-0.3, -0.25) is 10.1 Å². The number of hydrogen-bond acceptors (Lipinski definition) is 6. The first-order valence-corrected chi connectivity index (χ1v) is 9.36. The van der Waals surface area contributed by atoms with Crippen LogP contribution in [0.2, 0.25) is 0 Å². The zero-order valence-electron chi connectivity index (χ0n) is 14.8. The molecule has 0 aliphatic rings. The van der Waals surface area contributed by atoms with E-state index < -0.39 is 14.9 Å². The Labute approximate surface area is 152 Å². The normalized spacial score (nSPS) is 11.2. The highest BCUT2D eigenvalue weighted by atomic mass is 32.2. The summed E-state index contributed by atoms with van der Waals surface area (Å²) in [4.78, 5) is 12.3. The van der Waals surface area contributed by atoms with Gasteiger partial charge in [0.2, 0.25) is 10.0 Å². The second kappa shape index (κ2) is 8.15. The van der Waals surface area contributed by atoms with Gasteiger partial charge in [0.05, 0.1) is 16.4 Å². The molecular weight excluding hydrogens is 358 g/mol. The lowest BCUT2D eigenvalue weighted by atomic mass is 10.2. The molecule has 2 aromatic rings. The molecule has 0 amide bonds. The Balaban J connectivity index is 2.16. The van der Waals surface area contributed by atoms with Crippen LogP contribution in [0.3, 0.4) is 0 Å². The van der Waals surface area contributed by atoms with Crippen molar-refractivity contribution >= 4 is 21.4 Å². The summed E-state index contributed by atoms with van der Waals surface area (Å²) in [5.41, 5.74) is 1.04. The Morgan fingerprint density at radius 3 is 2.54 bits per heavy atom. The van der Waals surface area contributed by atoms with Crippen LogP contribution in [0.25, 0.3) is 0 Å². The van der Waals surface area contributed by atoms with Crippen LogP contribution >= 0.6 is 0 Å². The van der Waals surface area contributed by atoms with Crippen LogP contribution in [0, 0.1) is 17.0 Å². The second-order valence-corrected chi connectivity index (χ2v) is 7.54. The molecule has 0 spiro atoms. The lowest BCUT2D eigenvalue weighted by molar-refractivity contribution is -0.384. The predicted octanol–water partition coefficient (Wildman–Crippen LogP) is 2.33. The molecule has 140 valence electrons. The molecule has 0 fully saturated rings. The first kappa shape index (κ1) is 19.7. The van der Waals surface area contributed by atoms with Gasteiger partial charge in [0.15, 0.2) is 0 Å². The van der Waals surface area contributed by atoms with Crippen LogP contribution in [0.5, 0.6) is 5.75 Å². The molecule has 0 aliphatic carbocycles. The highest BCUT2D eigenvalue weighted by Gasteiger charge is 2.22. The molecule has 1 N–H and O–H groups in total. The molecule has 0 saturated heterocycles. The van der Waals surface area contributed by atoms with Crippen molar-refractivity contribution in [2.45, 2.75) is 11.8 Å². The van der Waals surface area contributed by atoms with Gasteiger partial charge in [0.1, 0.15) is 18.0 Å². The number of sulfonamides is 1. The maximum absolute atomic E-state index is 11.9. The van der Waals surface area contributed by atoms with Gasteiger partial charge in [-0.15, -0.1) is 0 Å². The molecule has 0 aliphatic heterocycles. The van der Waals surface area contributed by atoms with Crippen molar-refractivity contribution in [1.82, 2.24) is 4.72 Å². The van der Waals surface area contributed by atoms with Gasteiger partial charge in [0.25, 0.3) is 5.69 Å². The molecule has 0 heterocycles. The SMILES string of the molecule is CNS(=O)(=O)c1ccc(N(C)CCOc2ccccc2C)c([N+](=O)[O-])c1. The van der Waals surface area contributed by atoms with Gasteiger partial charge in [0, 0.05) is 13.1 Å². The van der Waals surface area contributed by atoms with E-state index >= 15 is 0 Å². The Hall–Kier alpha value is -2.65. The van der Waals surface area contributed by atoms with Gasteiger partial charge in [-0.1, -0.05) is 18.2 Å². The van der Waals surface area contributed by atoms with E-state index in [1.54, 1.807) is 11.9 Å². The molecule has 0 bridgehead atoms. The number of rotatable bonds is 8. The zero-order chi connectivity index (χ0) is 19.3. The number of anilines is 1. The van der Waals surface area contributed by atoms with E-state index in [0.717, 1.165) is 17.4 Å². The highest BCUT2D eigenvalue weighted by Crippen LogP contribution is 2.30. The fraction of sp³-hybridized carbons (Fsp3) is 0.294. The average molecular weight is 379 g/mol. The second-order valence-electron chi connectivity index (χ2n) is 5.65. The zero-order valence-corrected chi connectivity index (χ0v) is 15.6. The number of nitro groups is 1. The number of hydrogen-bond donors (Lipinski definition) is 1. The summed E-state index contributed by atoms with van der Waals surface area (Å²) >= 11 is 0. The largest absolute Gasteiger partial charge is 0.491 e. The molecule has 0 radical (unpaired) electrons. The van der Waals surface area contributed by atoms with Crippen LogP contribution in [-0.4, -0.2) is 40.6 Å². The molecule has 0 atom stereocenters. The van der Waals surface area contributed by atoms with Crippen molar-refractivity contribution in [1.29, 1.82) is 0 Å². The van der Waals surface area contributed by atoms with Crippen LogP contribution in [-0.2, 0) is 10.0 Å². The summed E-state index contributed by atoms with van der Waals surface area (Å²) in [5.74, 6) is 0.755. The Kier molecular flexibility index (Phi) is 6.17. The Bertz CT molecular complexity index is 899. The summed E-state index contributed by atoms with van der Waals surface area (Å²) in [6, 6.07) is 11.4. The van der Waals surface area contributed by atoms with Crippen molar-refractivity contribution in [3.8, 4) is 5.75 Å². The van der Waals surface area contributed by atoms with Crippen LogP contribution in [0.1, 0.15) is 5.56 Å². The lowest BCUT2D eigenvalue weighted by Gasteiger charge is -2.20. The van der Waals surface area contributed by atoms with Crippen LogP contribution < -0.4 is 14.4 Å². The topological polar surface area (TPSA) is 102 Å². The van der Waals surface area contributed by atoms with Gasteiger partial charge in [-0.25, -0.2) is 13.1 Å². The van der Waals surface area contributed by atoms with Crippen molar-refractivity contribution in [3.63, 3.8) is 0 Å². The molecule has 0 unspecified atom stereocenters. The summed E-state index contributed by atoms with van der Waals surface area (Å²) in [5, 5.41) is 11.4. The number of benzene rings is 2. The van der Waals surface area contributed by atoms with E-state index in [1.165, 1.54) is 19.2 Å². The van der Waals surface area contributed by atoms with E-state index in [9.17, 15) is 18.5 Å². The van der Waals surface area contributed by atoms with E-state index in [1.807, 2.05) is 31.2 Å². The number of aryl methyl sites for hydroxylation is 1. The first-order valence-electron chi connectivity index (χ1n) is 7.88. The van der Waals surface area contributed by atoms with Gasteiger partial charge in [-0.05, 0) is 37.7 Å². The number of likely N-dealkylation sites (N-methyl/N-ethyl adjacent to an activating group) is 1. The van der Waals surface area contributed by atoms with Crippen molar-refractivity contribution in [3.05, 3.63) is 58.1 Å². The average Bonchev–Trinajstić information content (AvgIpc) is 2.62. The first-order chi connectivity index (χ1) is 12.3. The third-order valence-corrected chi connectivity index (χ3v) is 5.32. The van der Waals surface area contributed by atoms with E-state index in [0.29, 0.717) is 18.8 Å². The predicted molar refractivity (Wildman–Crippen MR) is 99.3 cm³/mol. The smallest absolute Gasteiger partial charge is 0.293 e. The maximum atomic E-state index is 11.9. The molecule has 2 rings (SSSR count). The summed E-state index contributed by atoms with van der Waals surface area (Å²) in [7, 11) is -0.808. The monoisotopic (exact) mass is 379 g/mol. The number of nitrogens with one attached hydrogen (secondary N) is 1. The maximum Gasteiger partial charge on any atom is 0.293 e. The van der Waals surface area contributed by atoms with E-state index in [2.05, 4.69) is 4.72 Å². The third-order valence-electron chi connectivity index (χ3n) is 3.91. The molecule has 26 heavy (non-hydrogen) atoms. The molecule has 0 saturated carbocycles. The molecule has 0 aromatic heterocycles. The fourth-order valence-electron chi connectivity index (χ4n) is 2.39. The van der Waals surface area contributed by atoms with E-state index in [-0.39, 0.29) is 10.6 Å². The number of ether oxygens (including phenoxy) is 1. The van der Waals surface area contributed by atoms with Gasteiger partial charge in [-0.2, -0.15) is 0 Å². The highest BCUT2D eigenvalue weighted by molar-refractivity contribution is 7.89. The quantitative estimate of drug-likeness (QED) is 0.558. The van der Waals surface area contributed by atoms with Crippen LogP contribution in [0.15, 0.2) is 47.4 Å². The van der Waals surface area contributed by atoms with Gasteiger partial charge >= 0.3 is 0 Å². The molecule has 2 aromatic carbocycles. The molecule has 8 nitrogen and oxygen atoms in total.